The molecule has 0 radical (unpaired) electrons. The number of carbonyl (C=O) groups is 1. The second-order valence-electron chi connectivity index (χ2n) is 2.88. The second kappa shape index (κ2) is 2.30. The quantitative estimate of drug-likeness (QED) is 0.636. The highest BCUT2D eigenvalue weighted by Gasteiger charge is 2.23. The van der Waals surface area contributed by atoms with Crippen LogP contribution in [0.2, 0.25) is 0 Å². The van der Waals surface area contributed by atoms with Crippen molar-refractivity contribution in [3.8, 4) is 5.75 Å². The minimum Gasteiger partial charge on any atom is -0.508 e. The average molecular weight is 166 g/mol. The number of phenols is 1. The van der Waals surface area contributed by atoms with Crippen molar-refractivity contribution in [2.75, 3.05) is 0 Å². The first-order chi connectivity index (χ1) is 5.68. The van der Waals surface area contributed by atoms with Crippen molar-refractivity contribution < 1.29 is 14.3 Å². The zero-order chi connectivity index (χ0) is 8.72. The Kier molecular flexibility index (Phi) is 1.40. The summed E-state index contributed by atoms with van der Waals surface area (Å²) in [5, 5.41) is 9.00. The molecule has 3 heteroatoms. The molecule has 1 aliphatic carbocycles. The Balaban J connectivity index is 2.68. The van der Waals surface area contributed by atoms with Gasteiger partial charge in [0.25, 0.3) is 0 Å². The summed E-state index contributed by atoms with van der Waals surface area (Å²) in [4.78, 5) is 11.1. The summed E-state index contributed by atoms with van der Waals surface area (Å²) in [6, 6.07) is 2.37. The third kappa shape index (κ3) is 0.897. The van der Waals surface area contributed by atoms with Crippen molar-refractivity contribution in [2.45, 2.75) is 12.8 Å². The lowest BCUT2D eigenvalue weighted by Gasteiger charge is -1.99. The number of rotatable bonds is 0. The molecule has 12 heavy (non-hydrogen) atoms. The number of hydrogen-bond acceptors (Lipinski definition) is 2. The summed E-state index contributed by atoms with van der Waals surface area (Å²) in [5.74, 6) is -0.739. The first kappa shape index (κ1) is 7.28. The molecule has 0 amide bonds. The molecule has 0 aliphatic heterocycles. The fraction of sp³-hybridized carbons (Fsp3) is 0.222. The van der Waals surface area contributed by atoms with Crippen molar-refractivity contribution in [3.05, 3.63) is 29.1 Å². The molecule has 0 fully saturated rings. The minimum atomic E-state index is -0.476. The standard InChI is InChI=1S/C9H7FO2/c10-8-4-5(11)3-7-6(8)1-2-9(7)12/h3-4,11H,1-2H2. The van der Waals surface area contributed by atoms with Gasteiger partial charge in [-0.3, -0.25) is 4.79 Å². The van der Waals surface area contributed by atoms with Gasteiger partial charge in [0.05, 0.1) is 0 Å². The first-order valence-electron chi connectivity index (χ1n) is 3.73. The van der Waals surface area contributed by atoms with Crippen LogP contribution in [0.4, 0.5) is 4.39 Å². The van der Waals surface area contributed by atoms with Gasteiger partial charge in [-0.2, -0.15) is 0 Å². The number of phenolic OH excluding ortho intramolecular Hbond substituents is 1. The van der Waals surface area contributed by atoms with Gasteiger partial charge in [-0.15, -0.1) is 0 Å². The Morgan fingerprint density at radius 3 is 2.83 bits per heavy atom. The number of halogens is 1. The van der Waals surface area contributed by atoms with Gasteiger partial charge in [0.15, 0.2) is 5.78 Å². The molecule has 2 nitrogen and oxygen atoms in total. The molecule has 1 aromatic carbocycles. The van der Waals surface area contributed by atoms with Crippen LogP contribution in [0.5, 0.6) is 5.75 Å². The summed E-state index contributed by atoms with van der Waals surface area (Å²) in [6.07, 6.45) is 0.815. The lowest BCUT2D eigenvalue weighted by atomic mass is 10.1. The molecule has 0 saturated carbocycles. The van der Waals surface area contributed by atoms with Crippen LogP contribution in [0, 0.1) is 5.82 Å². The predicted octanol–water partition coefficient (Wildman–Crippen LogP) is 1.66. The zero-order valence-corrected chi connectivity index (χ0v) is 6.30. The van der Waals surface area contributed by atoms with Gasteiger partial charge < -0.3 is 5.11 Å². The van der Waals surface area contributed by atoms with Crippen molar-refractivity contribution >= 4 is 5.78 Å². The molecule has 2 rings (SSSR count). The molecule has 0 spiro atoms. The Bertz CT molecular complexity index is 358. The van der Waals surface area contributed by atoms with Crippen molar-refractivity contribution in [1.82, 2.24) is 0 Å². The maximum Gasteiger partial charge on any atom is 0.163 e. The Morgan fingerprint density at radius 1 is 1.33 bits per heavy atom. The van der Waals surface area contributed by atoms with Crippen LogP contribution in [-0.2, 0) is 6.42 Å². The maximum absolute atomic E-state index is 13.0. The van der Waals surface area contributed by atoms with Gasteiger partial charge in [-0.05, 0) is 18.1 Å². The van der Waals surface area contributed by atoms with E-state index in [1.54, 1.807) is 0 Å². The summed E-state index contributed by atoms with van der Waals surface area (Å²) in [6.45, 7) is 0. The second-order valence-corrected chi connectivity index (χ2v) is 2.88. The highest BCUT2D eigenvalue weighted by Crippen LogP contribution is 2.28. The Hall–Kier alpha value is -1.38. The maximum atomic E-state index is 13.0. The van der Waals surface area contributed by atoms with E-state index in [4.69, 9.17) is 5.11 Å². The molecular weight excluding hydrogens is 159 g/mol. The van der Waals surface area contributed by atoms with Crippen LogP contribution in [0.3, 0.4) is 0 Å². The average Bonchev–Trinajstić information content (AvgIpc) is 2.33. The van der Waals surface area contributed by atoms with E-state index in [1.807, 2.05) is 0 Å². The molecule has 0 saturated heterocycles. The van der Waals surface area contributed by atoms with Gasteiger partial charge >= 0.3 is 0 Å². The normalized spacial score (nSPS) is 14.9. The molecular formula is C9H7FO2. The summed E-state index contributed by atoms with van der Waals surface area (Å²) in [5.41, 5.74) is 0.783. The van der Waals surface area contributed by atoms with Crippen molar-refractivity contribution in [3.63, 3.8) is 0 Å². The number of aromatic hydroxyl groups is 1. The third-order valence-electron chi connectivity index (χ3n) is 2.08. The monoisotopic (exact) mass is 166 g/mol. The topological polar surface area (TPSA) is 37.3 Å². The van der Waals surface area contributed by atoms with Crippen LogP contribution < -0.4 is 0 Å². The lowest BCUT2D eigenvalue weighted by Crippen LogP contribution is -1.92. The van der Waals surface area contributed by atoms with Crippen LogP contribution >= 0.6 is 0 Å². The van der Waals surface area contributed by atoms with Crippen LogP contribution in [0.15, 0.2) is 12.1 Å². The highest BCUT2D eigenvalue weighted by atomic mass is 19.1. The van der Waals surface area contributed by atoms with E-state index in [9.17, 15) is 9.18 Å². The molecule has 1 aliphatic rings. The molecule has 0 heterocycles. The molecule has 0 bridgehead atoms. The fourth-order valence-electron chi connectivity index (χ4n) is 1.50. The van der Waals surface area contributed by atoms with Gasteiger partial charge in [0.2, 0.25) is 0 Å². The molecule has 0 atom stereocenters. The summed E-state index contributed by atoms with van der Waals surface area (Å²) < 4.78 is 13.0. The SMILES string of the molecule is O=C1CCc2c(F)cc(O)cc21. The number of carbonyl (C=O) groups excluding carboxylic acids is 1. The summed E-state index contributed by atoms with van der Waals surface area (Å²) in [7, 11) is 0. The van der Waals surface area contributed by atoms with E-state index in [1.165, 1.54) is 6.07 Å². The molecule has 1 N–H and O–H groups in total. The van der Waals surface area contributed by atoms with E-state index < -0.39 is 5.82 Å². The van der Waals surface area contributed by atoms with E-state index >= 15 is 0 Å². The van der Waals surface area contributed by atoms with Crippen LogP contribution in [0.1, 0.15) is 22.3 Å². The van der Waals surface area contributed by atoms with Gasteiger partial charge in [0.1, 0.15) is 11.6 Å². The molecule has 62 valence electrons. The number of benzene rings is 1. The van der Waals surface area contributed by atoms with Gasteiger partial charge in [-0.25, -0.2) is 4.39 Å². The van der Waals surface area contributed by atoms with Crippen molar-refractivity contribution in [1.29, 1.82) is 0 Å². The smallest absolute Gasteiger partial charge is 0.163 e. The predicted molar refractivity (Wildman–Crippen MR) is 40.7 cm³/mol. The van der Waals surface area contributed by atoms with Crippen LogP contribution in [0.25, 0.3) is 0 Å². The van der Waals surface area contributed by atoms with E-state index in [0.717, 1.165) is 6.07 Å². The Morgan fingerprint density at radius 2 is 2.08 bits per heavy atom. The minimum absolute atomic E-state index is 0.0835. The van der Waals surface area contributed by atoms with Gasteiger partial charge in [0, 0.05) is 18.1 Å². The molecule has 0 aromatic heterocycles. The lowest BCUT2D eigenvalue weighted by molar-refractivity contribution is 0.0994. The fourth-order valence-corrected chi connectivity index (χ4v) is 1.50. The zero-order valence-electron chi connectivity index (χ0n) is 6.30. The highest BCUT2D eigenvalue weighted by molar-refractivity contribution is 6.00. The summed E-state index contributed by atoms with van der Waals surface area (Å²) >= 11 is 0. The van der Waals surface area contributed by atoms with E-state index in [2.05, 4.69) is 0 Å². The molecule has 1 aromatic rings. The number of hydrogen-bond donors (Lipinski definition) is 1. The van der Waals surface area contributed by atoms with Crippen LogP contribution in [-0.4, -0.2) is 10.9 Å². The molecule has 0 unspecified atom stereocenters. The largest absolute Gasteiger partial charge is 0.508 e. The van der Waals surface area contributed by atoms with Gasteiger partial charge in [-0.1, -0.05) is 0 Å². The first-order valence-corrected chi connectivity index (χ1v) is 3.73. The van der Waals surface area contributed by atoms with E-state index in [0.29, 0.717) is 24.0 Å². The Labute approximate surface area is 68.6 Å². The number of ketones is 1. The van der Waals surface area contributed by atoms with Crippen molar-refractivity contribution in [2.24, 2.45) is 0 Å². The van der Waals surface area contributed by atoms with E-state index in [-0.39, 0.29) is 11.5 Å². The third-order valence-corrected chi connectivity index (χ3v) is 2.08. The number of Topliss-reactive ketones (excluding diaryl/α,β-unsaturated/α-hetero) is 1. The number of fused-ring (bicyclic) bond motifs is 1.